The predicted octanol–water partition coefficient (Wildman–Crippen LogP) is 5.27. The molecule has 1 N–H and O–H groups in total. The molecule has 2 aromatic rings. The summed E-state index contributed by atoms with van der Waals surface area (Å²) in [6, 6.07) is 2.60. The summed E-state index contributed by atoms with van der Waals surface area (Å²) < 4.78 is 77.1. The molecule has 144 valence electrons. The van der Waals surface area contributed by atoms with Crippen molar-refractivity contribution in [2.24, 2.45) is 5.92 Å². The number of halogens is 6. The summed E-state index contributed by atoms with van der Waals surface area (Å²) in [5, 5.41) is 8.60. The standard InChI is InChI=1S/C10H7F3O2.C9H7F3/c11-4-1-7(12)9(8(13)2-4)5-3-6(5)10(14)15;10-6-3-7(11)9(5-1-2-5)8(12)4-6/h1-2,5-6H,3H2,(H,14,15);3-5H,1-2H2. The van der Waals surface area contributed by atoms with Crippen molar-refractivity contribution in [1.29, 1.82) is 0 Å². The highest BCUT2D eigenvalue weighted by molar-refractivity contribution is 5.75. The van der Waals surface area contributed by atoms with Crippen LogP contribution in [0.2, 0.25) is 0 Å². The number of benzene rings is 2. The van der Waals surface area contributed by atoms with E-state index < -0.39 is 52.7 Å². The maximum Gasteiger partial charge on any atom is 0.307 e. The van der Waals surface area contributed by atoms with Crippen LogP contribution in [0.1, 0.15) is 42.2 Å². The molecule has 0 amide bonds. The Labute approximate surface area is 150 Å². The normalized spacial score (nSPS) is 20.7. The molecule has 2 saturated carbocycles. The highest BCUT2D eigenvalue weighted by atomic mass is 19.2. The van der Waals surface area contributed by atoms with E-state index in [1.807, 2.05) is 0 Å². The Morgan fingerprint density at radius 1 is 0.778 bits per heavy atom. The first-order valence-electron chi connectivity index (χ1n) is 8.20. The van der Waals surface area contributed by atoms with E-state index in [-0.39, 0.29) is 23.5 Å². The number of hydrogen-bond donors (Lipinski definition) is 1. The first-order chi connectivity index (χ1) is 12.7. The molecule has 2 aliphatic carbocycles. The molecule has 8 heteroatoms. The minimum Gasteiger partial charge on any atom is -0.481 e. The van der Waals surface area contributed by atoms with Crippen molar-refractivity contribution in [2.75, 3.05) is 0 Å². The Kier molecular flexibility index (Phi) is 5.17. The first-order valence-corrected chi connectivity index (χ1v) is 8.20. The number of aliphatic carboxylic acids is 1. The molecule has 2 aliphatic rings. The van der Waals surface area contributed by atoms with Crippen molar-refractivity contribution in [3.63, 3.8) is 0 Å². The van der Waals surface area contributed by atoms with Gasteiger partial charge in [-0.1, -0.05) is 0 Å². The van der Waals surface area contributed by atoms with Crippen LogP contribution in [0.15, 0.2) is 24.3 Å². The third-order valence-electron chi connectivity index (χ3n) is 4.55. The molecule has 0 saturated heterocycles. The van der Waals surface area contributed by atoms with Gasteiger partial charge < -0.3 is 5.11 Å². The van der Waals surface area contributed by atoms with Gasteiger partial charge in [0.2, 0.25) is 0 Å². The highest BCUT2D eigenvalue weighted by Crippen LogP contribution is 2.49. The van der Waals surface area contributed by atoms with Gasteiger partial charge in [0.15, 0.2) is 0 Å². The second-order valence-electron chi connectivity index (χ2n) is 6.63. The van der Waals surface area contributed by atoms with Crippen molar-refractivity contribution >= 4 is 5.97 Å². The average Bonchev–Trinajstić information content (AvgIpc) is 3.40. The maximum absolute atomic E-state index is 13.2. The van der Waals surface area contributed by atoms with E-state index in [1.165, 1.54) is 0 Å². The fourth-order valence-corrected chi connectivity index (χ4v) is 3.01. The van der Waals surface area contributed by atoms with Crippen LogP contribution in [0.5, 0.6) is 0 Å². The van der Waals surface area contributed by atoms with E-state index in [0.29, 0.717) is 12.1 Å². The molecule has 0 heterocycles. The fourth-order valence-electron chi connectivity index (χ4n) is 3.01. The average molecular weight is 388 g/mol. The van der Waals surface area contributed by atoms with Crippen LogP contribution in [-0.4, -0.2) is 11.1 Å². The van der Waals surface area contributed by atoms with Crippen LogP contribution in [0.3, 0.4) is 0 Å². The van der Waals surface area contributed by atoms with E-state index in [4.69, 9.17) is 5.11 Å². The van der Waals surface area contributed by atoms with Crippen molar-refractivity contribution in [1.82, 2.24) is 0 Å². The Balaban J connectivity index is 0.000000159. The largest absolute Gasteiger partial charge is 0.481 e. The topological polar surface area (TPSA) is 37.3 Å². The number of carboxylic acid groups (broad SMARTS) is 1. The molecule has 0 aromatic heterocycles. The van der Waals surface area contributed by atoms with Gasteiger partial charge in [-0.15, -0.1) is 0 Å². The summed E-state index contributed by atoms with van der Waals surface area (Å²) in [7, 11) is 0. The van der Waals surface area contributed by atoms with Gasteiger partial charge in [-0.3, -0.25) is 4.79 Å². The second kappa shape index (κ2) is 7.25. The third-order valence-corrected chi connectivity index (χ3v) is 4.55. The molecule has 2 fully saturated rings. The van der Waals surface area contributed by atoms with Gasteiger partial charge in [-0.25, -0.2) is 26.3 Å². The molecule has 0 bridgehead atoms. The molecule has 0 aliphatic heterocycles. The summed E-state index contributed by atoms with van der Waals surface area (Å²) in [5.41, 5.74) is -0.264. The predicted molar refractivity (Wildman–Crippen MR) is 83.1 cm³/mol. The van der Waals surface area contributed by atoms with Crippen LogP contribution in [-0.2, 0) is 4.79 Å². The molecule has 0 spiro atoms. The van der Waals surface area contributed by atoms with Gasteiger partial charge in [-0.2, -0.15) is 0 Å². The summed E-state index contributed by atoms with van der Waals surface area (Å²) in [6.45, 7) is 0. The molecule has 2 nitrogen and oxygen atoms in total. The molecule has 27 heavy (non-hydrogen) atoms. The molecule has 4 rings (SSSR count). The molecular weight excluding hydrogens is 374 g/mol. The van der Waals surface area contributed by atoms with Crippen LogP contribution in [0.25, 0.3) is 0 Å². The number of hydrogen-bond acceptors (Lipinski definition) is 1. The lowest BCUT2D eigenvalue weighted by Crippen LogP contribution is -2.02. The van der Waals surface area contributed by atoms with Gasteiger partial charge in [0.05, 0.1) is 5.92 Å². The zero-order chi connectivity index (χ0) is 19.9. The quantitative estimate of drug-likeness (QED) is 0.727. The van der Waals surface area contributed by atoms with Gasteiger partial charge >= 0.3 is 5.97 Å². The Morgan fingerprint density at radius 2 is 1.19 bits per heavy atom. The summed E-state index contributed by atoms with van der Waals surface area (Å²) in [4.78, 5) is 10.5. The van der Waals surface area contributed by atoms with Gasteiger partial charge in [0, 0.05) is 41.3 Å². The van der Waals surface area contributed by atoms with Crippen LogP contribution >= 0.6 is 0 Å². The van der Waals surface area contributed by atoms with Crippen LogP contribution < -0.4 is 0 Å². The number of rotatable bonds is 3. The smallest absolute Gasteiger partial charge is 0.307 e. The maximum atomic E-state index is 13.2. The van der Waals surface area contributed by atoms with Crippen molar-refractivity contribution < 1.29 is 36.2 Å². The highest BCUT2D eigenvalue weighted by Gasteiger charge is 2.47. The van der Waals surface area contributed by atoms with Crippen molar-refractivity contribution in [3.8, 4) is 0 Å². The van der Waals surface area contributed by atoms with Crippen molar-refractivity contribution in [3.05, 3.63) is 70.3 Å². The van der Waals surface area contributed by atoms with E-state index in [1.54, 1.807) is 0 Å². The summed E-state index contributed by atoms with van der Waals surface area (Å²) >= 11 is 0. The number of carboxylic acids is 1. The van der Waals surface area contributed by atoms with E-state index in [2.05, 4.69) is 0 Å². The molecular formula is C19H14F6O2. The second-order valence-corrected chi connectivity index (χ2v) is 6.63. The molecule has 0 radical (unpaired) electrons. The zero-order valence-corrected chi connectivity index (χ0v) is 13.8. The molecule has 2 aromatic carbocycles. The third kappa shape index (κ3) is 4.26. The van der Waals surface area contributed by atoms with E-state index in [9.17, 15) is 31.1 Å². The lowest BCUT2D eigenvalue weighted by atomic mass is 10.1. The van der Waals surface area contributed by atoms with Crippen molar-refractivity contribution in [2.45, 2.75) is 31.1 Å². The minimum atomic E-state index is -1.08. The van der Waals surface area contributed by atoms with Gasteiger partial charge in [-0.05, 0) is 25.2 Å². The van der Waals surface area contributed by atoms with Gasteiger partial charge in [0.25, 0.3) is 0 Å². The van der Waals surface area contributed by atoms with Crippen LogP contribution in [0.4, 0.5) is 26.3 Å². The SMILES string of the molecule is Fc1cc(F)c(C2CC2)c(F)c1.O=C(O)C1CC1c1c(F)cc(F)cc1F. The Bertz CT molecular complexity index is 848. The first kappa shape index (κ1) is 19.3. The van der Waals surface area contributed by atoms with Crippen LogP contribution in [0, 0.1) is 40.8 Å². The monoisotopic (exact) mass is 388 g/mol. The lowest BCUT2D eigenvalue weighted by molar-refractivity contribution is -0.138. The minimum absolute atomic E-state index is 0.0226. The Morgan fingerprint density at radius 3 is 1.52 bits per heavy atom. The summed E-state index contributed by atoms with van der Waals surface area (Å²) in [6.07, 6.45) is 1.81. The number of carbonyl (C=O) groups is 1. The van der Waals surface area contributed by atoms with E-state index >= 15 is 0 Å². The summed E-state index contributed by atoms with van der Waals surface area (Å²) in [5.74, 6) is -7.90. The Hall–Kier alpha value is -2.51. The van der Waals surface area contributed by atoms with E-state index in [0.717, 1.165) is 25.0 Å². The van der Waals surface area contributed by atoms with Gasteiger partial charge in [0.1, 0.15) is 34.9 Å². The molecule has 2 atom stereocenters. The lowest BCUT2D eigenvalue weighted by Gasteiger charge is -2.03. The molecule has 2 unspecified atom stereocenters. The zero-order valence-electron chi connectivity index (χ0n) is 13.8. The fraction of sp³-hybridized carbons (Fsp3) is 0.316.